The second-order valence-electron chi connectivity index (χ2n) is 7.14. The SMILES string of the molecule is Cc1nn(C)c2nc(-c3cccs3)cc(C(=O)NC[C@H](C)Cn3cc(Cl)cn3)c12. The molecule has 4 aromatic heterocycles. The van der Waals surface area contributed by atoms with E-state index < -0.39 is 0 Å². The minimum absolute atomic E-state index is 0.128. The molecule has 0 radical (unpaired) electrons. The van der Waals surface area contributed by atoms with E-state index >= 15 is 0 Å². The molecule has 1 atom stereocenters. The summed E-state index contributed by atoms with van der Waals surface area (Å²) < 4.78 is 3.51. The van der Waals surface area contributed by atoms with E-state index in [1.54, 1.807) is 33.1 Å². The lowest BCUT2D eigenvalue weighted by molar-refractivity contribution is 0.0948. The lowest BCUT2D eigenvalue weighted by Gasteiger charge is -2.14. The van der Waals surface area contributed by atoms with E-state index in [1.165, 1.54) is 0 Å². The number of amides is 1. The largest absolute Gasteiger partial charge is 0.352 e. The lowest BCUT2D eigenvalue weighted by Crippen LogP contribution is -2.30. The molecule has 0 spiro atoms. The maximum absolute atomic E-state index is 13.1. The van der Waals surface area contributed by atoms with E-state index in [4.69, 9.17) is 16.6 Å². The lowest BCUT2D eigenvalue weighted by atomic mass is 10.1. The molecular weight excluding hydrogens is 408 g/mol. The van der Waals surface area contributed by atoms with Crippen LogP contribution in [0.25, 0.3) is 21.6 Å². The topological polar surface area (TPSA) is 77.6 Å². The van der Waals surface area contributed by atoms with Gasteiger partial charge in [0, 0.05) is 26.3 Å². The quantitative estimate of drug-likeness (QED) is 0.505. The Hall–Kier alpha value is -2.71. The second kappa shape index (κ2) is 7.96. The molecular formula is C20H21ClN6OS. The van der Waals surface area contributed by atoms with Crippen LogP contribution in [-0.4, -0.2) is 37.0 Å². The Morgan fingerprint density at radius 2 is 2.24 bits per heavy atom. The molecule has 4 heterocycles. The summed E-state index contributed by atoms with van der Waals surface area (Å²) in [7, 11) is 1.85. The van der Waals surface area contributed by atoms with Crippen LogP contribution in [0.4, 0.5) is 0 Å². The van der Waals surface area contributed by atoms with Crippen molar-refractivity contribution in [3.05, 3.63) is 52.3 Å². The van der Waals surface area contributed by atoms with Crippen LogP contribution in [0.1, 0.15) is 23.0 Å². The van der Waals surface area contributed by atoms with Gasteiger partial charge < -0.3 is 5.32 Å². The van der Waals surface area contributed by atoms with Crippen molar-refractivity contribution >= 4 is 39.9 Å². The first kappa shape index (κ1) is 19.6. The highest BCUT2D eigenvalue weighted by Crippen LogP contribution is 2.29. The van der Waals surface area contributed by atoms with Crippen LogP contribution in [0.2, 0.25) is 5.02 Å². The van der Waals surface area contributed by atoms with Crippen LogP contribution in [-0.2, 0) is 13.6 Å². The van der Waals surface area contributed by atoms with Gasteiger partial charge in [0.25, 0.3) is 5.91 Å². The predicted molar refractivity (Wildman–Crippen MR) is 115 cm³/mol. The van der Waals surface area contributed by atoms with Crippen molar-refractivity contribution in [3.63, 3.8) is 0 Å². The standard InChI is InChI=1S/C20H21ClN6OS/c1-12(10-27-11-14(21)9-23-27)8-22-20(28)15-7-16(17-5-4-6-29-17)24-19-18(15)13(2)25-26(19)3/h4-7,9,11-12H,8,10H2,1-3H3,(H,22,28)/t12-/m0/s1. The Balaban J connectivity index is 1.59. The van der Waals surface area contributed by atoms with Crippen LogP contribution >= 0.6 is 22.9 Å². The van der Waals surface area contributed by atoms with Gasteiger partial charge in [-0.1, -0.05) is 24.6 Å². The molecule has 4 rings (SSSR count). The summed E-state index contributed by atoms with van der Waals surface area (Å²) in [6.45, 7) is 5.15. The summed E-state index contributed by atoms with van der Waals surface area (Å²) >= 11 is 7.51. The van der Waals surface area contributed by atoms with Crippen LogP contribution in [0.3, 0.4) is 0 Å². The number of thiophene rings is 1. The third-order valence-corrected chi connectivity index (χ3v) is 5.79. The number of hydrogen-bond donors (Lipinski definition) is 1. The average molecular weight is 429 g/mol. The molecule has 150 valence electrons. The highest BCUT2D eigenvalue weighted by molar-refractivity contribution is 7.13. The van der Waals surface area contributed by atoms with Crippen molar-refractivity contribution in [2.24, 2.45) is 13.0 Å². The average Bonchev–Trinajstić information content (AvgIpc) is 3.41. The summed E-state index contributed by atoms with van der Waals surface area (Å²) in [5, 5.41) is 15.1. The summed E-state index contributed by atoms with van der Waals surface area (Å²) in [6, 6.07) is 5.83. The van der Waals surface area contributed by atoms with E-state index in [9.17, 15) is 4.79 Å². The molecule has 0 saturated carbocycles. The van der Waals surface area contributed by atoms with Crippen molar-refractivity contribution in [1.82, 2.24) is 29.9 Å². The van der Waals surface area contributed by atoms with Gasteiger partial charge in [0.05, 0.1) is 38.4 Å². The number of carbonyl (C=O) groups is 1. The molecule has 0 unspecified atom stereocenters. The molecule has 0 saturated heterocycles. The Labute approximate surface area is 177 Å². The Bertz CT molecular complexity index is 1160. The third-order valence-electron chi connectivity index (χ3n) is 4.70. The predicted octanol–water partition coefficient (Wildman–Crippen LogP) is 3.92. The van der Waals surface area contributed by atoms with Gasteiger partial charge >= 0.3 is 0 Å². The van der Waals surface area contributed by atoms with Crippen molar-refractivity contribution in [2.75, 3.05) is 6.54 Å². The van der Waals surface area contributed by atoms with Crippen LogP contribution in [0.15, 0.2) is 36.0 Å². The molecule has 1 amide bonds. The maximum Gasteiger partial charge on any atom is 0.252 e. The number of nitrogens with zero attached hydrogens (tertiary/aromatic N) is 5. The molecule has 9 heteroatoms. The number of nitrogens with one attached hydrogen (secondary N) is 1. The minimum Gasteiger partial charge on any atom is -0.352 e. The highest BCUT2D eigenvalue weighted by Gasteiger charge is 2.20. The first-order chi connectivity index (χ1) is 13.9. The van der Waals surface area contributed by atoms with Crippen molar-refractivity contribution < 1.29 is 4.79 Å². The smallest absolute Gasteiger partial charge is 0.252 e. The third kappa shape index (κ3) is 4.04. The highest BCUT2D eigenvalue weighted by atomic mass is 35.5. The monoisotopic (exact) mass is 428 g/mol. The number of pyridine rings is 1. The Kier molecular flexibility index (Phi) is 5.38. The molecule has 1 N–H and O–H groups in total. The van der Waals surface area contributed by atoms with E-state index in [0.29, 0.717) is 29.3 Å². The van der Waals surface area contributed by atoms with Crippen LogP contribution in [0.5, 0.6) is 0 Å². The number of halogens is 1. The van der Waals surface area contributed by atoms with Gasteiger partial charge in [-0.15, -0.1) is 11.3 Å². The number of aromatic nitrogens is 5. The summed E-state index contributed by atoms with van der Waals surface area (Å²) in [5.74, 6) is 0.0654. The fourth-order valence-corrected chi connectivity index (χ4v) is 4.20. The van der Waals surface area contributed by atoms with E-state index in [1.807, 2.05) is 37.6 Å². The fraction of sp³-hybridized carbons (Fsp3) is 0.300. The number of rotatable bonds is 6. The molecule has 7 nitrogen and oxygen atoms in total. The fourth-order valence-electron chi connectivity index (χ4n) is 3.36. The minimum atomic E-state index is -0.128. The summed E-state index contributed by atoms with van der Waals surface area (Å²) in [5.41, 5.74) is 2.87. The van der Waals surface area contributed by atoms with Crippen molar-refractivity contribution in [1.29, 1.82) is 0 Å². The molecule has 0 bridgehead atoms. The molecule has 0 aromatic carbocycles. The van der Waals surface area contributed by atoms with Crippen LogP contribution < -0.4 is 5.32 Å². The number of fused-ring (bicyclic) bond motifs is 1. The van der Waals surface area contributed by atoms with Gasteiger partial charge in [-0.05, 0) is 30.4 Å². The molecule has 0 aliphatic carbocycles. The zero-order valence-corrected chi connectivity index (χ0v) is 18.0. The normalized spacial score (nSPS) is 12.4. The van der Waals surface area contributed by atoms with E-state index in [0.717, 1.165) is 21.7 Å². The van der Waals surface area contributed by atoms with Gasteiger partial charge in [-0.25, -0.2) is 4.98 Å². The zero-order chi connectivity index (χ0) is 20.5. The Morgan fingerprint density at radius 3 is 2.93 bits per heavy atom. The van der Waals surface area contributed by atoms with Gasteiger partial charge in [0.15, 0.2) is 5.65 Å². The van der Waals surface area contributed by atoms with Crippen molar-refractivity contribution in [3.8, 4) is 10.6 Å². The van der Waals surface area contributed by atoms with Crippen molar-refractivity contribution in [2.45, 2.75) is 20.4 Å². The molecule has 0 aliphatic heterocycles. The second-order valence-corrected chi connectivity index (χ2v) is 8.52. The summed E-state index contributed by atoms with van der Waals surface area (Å²) in [6.07, 6.45) is 3.39. The molecule has 29 heavy (non-hydrogen) atoms. The van der Waals surface area contributed by atoms with Gasteiger partial charge in [-0.2, -0.15) is 10.2 Å². The maximum atomic E-state index is 13.1. The first-order valence-electron chi connectivity index (χ1n) is 9.26. The van der Waals surface area contributed by atoms with Gasteiger partial charge in [-0.3, -0.25) is 14.2 Å². The number of hydrogen-bond acceptors (Lipinski definition) is 5. The summed E-state index contributed by atoms with van der Waals surface area (Å²) in [4.78, 5) is 18.8. The zero-order valence-electron chi connectivity index (χ0n) is 16.4. The van der Waals surface area contributed by atoms with Gasteiger partial charge in [0.1, 0.15) is 0 Å². The molecule has 0 aliphatic rings. The number of aryl methyl sites for hydroxylation is 2. The van der Waals surface area contributed by atoms with E-state index in [2.05, 4.69) is 22.4 Å². The molecule has 0 fully saturated rings. The number of carbonyl (C=O) groups excluding carboxylic acids is 1. The molecule has 4 aromatic rings. The Morgan fingerprint density at radius 1 is 1.41 bits per heavy atom. The van der Waals surface area contributed by atoms with Crippen LogP contribution in [0, 0.1) is 12.8 Å². The van der Waals surface area contributed by atoms with Gasteiger partial charge in [0.2, 0.25) is 0 Å². The van der Waals surface area contributed by atoms with E-state index in [-0.39, 0.29) is 11.8 Å². The first-order valence-corrected chi connectivity index (χ1v) is 10.5.